The number of aryl methyl sites for hydroxylation is 1. The zero-order valence-corrected chi connectivity index (χ0v) is 15.1. The highest BCUT2D eigenvalue weighted by molar-refractivity contribution is 7.15. The first kappa shape index (κ1) is 17.4. The van der Waals surface area contributed by atoms with E-state index in [1.807, 2.05) is 31.2 Å². The number of hydrogen-bond donors (Lipinski definition) is 1. The average Bonchev–Trinajstić information content (AvgIpc) is 2.99. The van der Waals surface area contributed by atoms with Crippen LogP contribution in [0.25, 0.3) is 0 Å². The van der Waals surface area contributed by atoms with Gasteiger partial charge in [0, 0.05) is 10.8 Å². The fraction of sp³-hybridized carbons (Fsp3) is 0.389. The number of aromatic nitrogens is 1. The van der Waals surface area contributed by atoms with Gasteiger partial charge in [0.05, 0.1) is 25.8 Å². The maximum atomic E-state index is 12.6. The van der Waals surface area contributed by atoms with Crippen LogP contribution in [0.5, 0.6) is 0 Å². The molecule has 3 rings (SSSR count). The molecule has 1 aliphatic carbocycles. The molecule has 1 aromatic carbocycles. The molecule has 0 spiro atoms. The number of fused-ring (bicyclic) bond motifs is 1. The summed E-state index contributed by atoms with van der Waals surface area (Å²) in [4.78, 5) is 30.2. The molecule has 2 aromatic rings. The molecule has 7 heteroatoms. The minimum absolute atomic E-state index is 0.230. The maximum Gasteiger partial charge on any atom is 0.314 e. The number of carbonyl (C=O) groups excluding carboxylic acids is 2. The van der Waals surface area contributed by atoms with Gasteiger partial charge in [-0.1, -0.05) is 29.8 Å². The van der Waals surface area contributed by atoms with Crippen LogP contribution in [0.4, 0.5) is 5.13 Å². The van der Waals surface area contributed by atoms with Gasteiger partial charge in [-0.05, 0) is 18.9 Å². The molecule has 0 saturated carbocycles. The number of hydrogen-bond acceptors (Lipinski definition) is 7. The summed E-state index contributed by atoms with van der Waals surface area (Å²) in [7, 11) is 2.65. The summed E-state index contributed by atoms with van der Waals surface area (Å²) >= 11 is 1.23. The van der Waals surface area contributed by atoms with Crippen LogP contribution in [0.3, 0.4) is 0 Å². The van der Waals surface area contributed by atoms with Gasteiger partial charge >= 0.3 is 11.9 Å². The van der Waals surface area contributed by atoms with Gasteiger partial charge in [0.2, 0.25) is 0 Å². The second-order valence-corrected chi connectivity index (χ2v) is 7.20. The molecule has 0 radical (unpaired) electrons. The molecule has 0 fully saturated rings. The lowest BCUT2D eigenvalue weighted by Crippen LogP contribution is -2.38. The quantitative estimate of drug-likeness (QED) is 0.845. The molecule has 1 aliphatic rings. The lowest BCUT2D eigenvalue weighted by atomic mass is 9.70. The lowest BCUT2D eigenvalue weighted by molar-refractivity contribution is -0.155. The van der Waals surface area contributed by atoms with Crippen molar-refractivity contribution in [2.75, 3.05) is 20.0 Å². The van der Waals surface area contributed by atoms with Crippen LogP contribution in [-0.2, 0) is 25.5 Å². The lowest BCUT2D eigenvalue weighted by Gasteiger charge is -2.34. The van der Waals surface area contributed by atoms with E-state index in [-0.39, 0.29) is 5.92 Å². The Hall–Kier alpha value is -2.41. The number of anilines is 1. The number of thiazole rings is 1. The standard InChI is InChI=1S/C18H20N2O4S/c1-9-4-6-10(7-5-9)11-8-12-15(25-18(19)20-12)14(17(22)24-3)13(11)16(21)23-2/h4-7,11,13-14H,8H2,1-3H3,(H2,19,20)/t11-,13+,14+/m0/s1. The first-order valence-corrected chi connectivity index (χ1v) is 8.75. The van der Waals surface area contributed by atoms with E-state index >= 15 is 0 Å². The largest absolute Gasteiger partial charge is 0.469 e. The Bertz CT molecular complexity index is 800. The van der Waals surface area contributed by atoms with E-state index in [0.29, 0.717) is 16.4 Å². The van der Waals surface area contributed by atoms with Crippen LogP contribution in [-0.4, -0.2) is 31.1 Å². The molecule has 2 N–H and O–H groups in total. The van der Waals surface area contributed by atoms with Crippen molar-refractivity contribution in [3.8, 4) is 0 Å². The number of carbonyl (C=O) groups is 2. The van der Waals surface area contributed by atoms with Crippen molar-refractivity contribution in [3.63, 3.8) is 0 Å². The zero-order chi connectivity index (χ0) is 18.1. The molecule has 1 heterocycles. The van der Waals surface area contributed by atoms with Crippen molar-refractivity contribution in [1.29, 1.82) is 0 Å². The number of methoxy groups -OCH3 is 2. The maximum absolute atomic E-state index is 12.6. The first-order chi connectivity index (χ1) is 12.0. The third kappa shape index (κ3) is 3.11. The van der Waals surface area contributed by atoms with E-state index < -0.39 is 23.8 Å². The van der Waals surface area contributed by atoms with Crippen LogP contribution in [0.1, 0.15) is 33.5 Å². The van der Waals surface area contributed by atoms with Gasteiger partial charge in [-0.25, -0.2) is 4.98 Å². The molecular formula is C18H20N2O4S. The topological polar surface area (TPSA) is 91.5 Å². The minimum atomic E-state index is -0.762. The molecule has 0 amide bonds. The van der Waals surface area contributed by atoms with Crippen molar-refractivity contribution in [3.05, 3.63) is 46.0 Å². The highest BCUT2D eigenvalue weighted by Gasteiger charge is 2.48. The van der Waals surface area contributed by atoms with Gasteiger partial charge < -0.3 is 15.2 Å². The molecule has 0 saturated heterocycles. The van der Waals surface area contributed by atoms with Gasteiger partial charge in [0.15, 0.2) is 5.13 Å². The third-order valence-electron chi connectivity index (χ3n) is 4.67. The molecule has 132 valence electrons. The molecule has 3 atom stereocenters. The Morgan fingerprint density at radius 2 is 1.80 bits per heavy atom. The monoisotopic (exact) mass is 360 g/mol. The Labute approximate surface area is 150 Å². The van der Waals surface area contributed by atoms with E-state index in [1.165, 1.54) is 25.6 Å². The second kappa shape index (κ2) is 6.84. The number of rotatable bonds is 3. The number of ether oxygens (including phenoxy) is 2. The predicted octanol–water partition coefficient (Wildman–Crippen LogP) is 2.42. The van der Waals surface area contributed by atoms with E-state index in [4.69, 9.17) is 15.2 Å². The molecule has 1 aromatic heterocycles. The van der Waals surface area contributed by atoms with Crippen molar-refractivity contribution in [1.82, 2.24) is 4.98 Å². The van der Waals surface area contributed by atoms with Crippen molar-refractivity contribution < 1.29 is 19.1 Å². The van der Waals surface area contributed by atoms with Crippen LogP contribution in [0.15, 0.2) is 24.3 Å². The van der Waals surface area contributed by atoms with E-state index in [2.05, 4.69) is 4.98 Å². The summed E-state index contributed by atoms with van der Waals surface area (Å²) in [6, 6.07) is 7.93. The van der Waals surface area contributed by atoms with E-state index in [1.54, 1.807) is 0 Å². The normalized spacial score (nSPS) is 22.1. The molecule has 0 aliphatic heterocycles. The molecule has 0 bridgehead atoms. The summed E-state index contributed by atoms with van der Waals surface area (Å²) in [5.74, 6) is -2.57. The number of nitrogens with zero attached hydrogens (tertiary/aromatic N) is 1. The third-order valence-corrected chi connectivity index (χ3v) is 5.68. The number of benzene rings is 1. The fourth-order valence-electron chi connectivity index (χ4n) is 3.46. The van der Waals surface area contributed by atoms with Crippen molar-refractivity contribution in [2.24, 2.45) is 5.92 Å². The zero-order valence-electron chi connectivity index (χ0n) is 14.3. The second-order valence-electron chi connectivity index (χ2n) is 6.13. The molecule has 0 unspecified atom stereocenters. The smallest absolute Gasteiger partial charge is 0.314 e. The summed E-state index contributed by atoms with van der Waals surface area (Å²) in [6.45, 7) is 2.00. The van der Waals surface area contributed by atoms with E-state index in [0.717, 1.165) is 16.8 Å². The molecule has 6 nitrogen and oxygen atoms in total. The first-order valence-electron chi connectivity index (χ1n) is 7.93. The Morgan fingerprint density at radius 1 is 1.16 bits per heavy atom. The van der Waals surface area contributed by atoms with E-state index in [9.17, 15) is 9.59 Å². The van der Waals surface area contributed by atoms with Crippen molar-refractivity contribution >= 4 is 28.4 Å². The van der Waals surface area contributed by atoms with Gasteiger partial charge in [0.1, 0.15) is 5.92 Å². The summed E-state index contributed by atoms with van der Waals surface area (Å²) in [6.07, 6.45) is 0.527. The fourth-order valence-corrected chi connectivity index (χ4v) is 4.46. The summed E-state index contributed by atoms with van der Waals surface area (Å²) < 4.78 is 9.99. The average molecular weight is 360 g/mol. The van der Waals surface area contributed by atoms with Crippen LogP contribution in [0.2, 0.25) is 0 Å². The van der Waals surface area contributed by atoms with Crippen LogP contribution >= 0.6 is 11.3 Å². The van der Waals surface area contributed by atoms with Gasteiger partial charge in [-0.15, -0.1) is 11.3 Å². The van der Waals surface area contributed by atoms with Gasteiger partial charge in [-0.2, -0.15) is 0 Å². The van der Waals surface area contributed by atoms with Gasteiger partial charge in [0.25, 0.3) is 0 Å². The van der Waals surface area contributed by atoms with Crippen molar-refractivity contribution in [2.45, 2.75) is 25.2 Å². The number of nitrogen functional groups attached to an aromatic ring is 1. The van der Waals surface area contributed by atoms with Crippen LogP contribution < -0.4 is 5.73 Å². The Balaban J connectivity index is 2.15. The summed E-state index contributed by atoms with van der Waals surface area (Å²) in [5, 5.41) is 0.382. The SMILES string of the molecule is COC(=O)[C@@H]1[C@H](c2ccc(C)cc2)Cc2nc(N)sc2[C@@H]1C(=O)OC. The molecule has 25 heavy (non-hydrogen) atoms. The number of esters is 2. The minimum Gasteiger partial charge on any atom is -0.469 e. The number of nitrogens with two attached hydrogens (primary N) is 1. The Morgan fingerprint density at radius 3 is 2.40 bits per heavy atom. The highest BCUT2D eigenvalue weighted by Crippen LogP contribution is 2.48. The highest BCUT2D eigenvalue weighted by atomic mass is 32.1. The Kier molecular flexibility index (Phi) is 4.76. The predicted molar refractivity (Wildman–Crippen MR) is 94.4 cm³/mol. The van der Waals surface area contributed by atoms with Crippen LogP contribution in [0, 0.1) is 12.8 Å². The summed E-state index contributed by atoms with van der Waals surface area (Å²) in [5.41, 5.74) is 8.70. The van der Waals surface area contributed by atoms with Gasteiger partial charge in [-0.3, -0.25) is 9.59 Å². The molecular weight excluding hydrogens is 340 g/mol.